The van der Waals surface area contributed by atoms with Crippen LogP contribution >= 0.6 is 0 Å². The van der Waals surface area contributed by atoms with Crippen LogP contribution < -0.4 is 31.5 Å². The number of benzene rings is 2. The number of nitrogens with one attached hydrogen (secondary N) is 2. The van der Waals surface area contributed by atoms with Gasteiger partial charge < -0.3 is 20.3 Å². The summed E-state index contributed by atoms with van der Waals surface area (Å²) in [4.78, 5) is 54.9. The van der Waals surface area contributed by atoms with Crippen molar-refractivity contribution in [3.05, 3.63) is 117 Å². The molecule has 14 nitrogen and oxygen atoms in total. The molecule has 17 heteroatoms. The zero-order valence-electron chi connectivity index (χ0n) is 27.7. The molecule has 7 rings (SSSR count). The van der Waals surface area contributed by atoms with Crippen LogP contribution in [0.1, 0.15) is 42.1 Å². The Hall–Kier alpha value is -5.97. The van der Waals surface area contributed by atoms with E-state index in [1.807, 2.05) is 4.90 Å². The second-order valence-corrected chi connectivity index (χ2v) is 14.9. The second-order valence-electron chi connectivity index (χ2n) is 12.5. The molecular formula is C35H32F2N8O6S. The number of rotatable bonds is 10. The molecule has 0 radical (unpaired) electrons. The largest absolute Gasteiger partial charge is 0.454 e. The van der Waals surface area contributed by atoms with Gasteiger partial charge in [0.25, 0.3) is 11.5 Å². The maximum Gasteiger partial charge on any atom is 0.335 e. The quantitative estimate of drug-likeness (QED) is 0.206. The third kappa shape index (κ3) is 7.53. The highest BCUT2D eigenvalue weighted by Gasteiger charge is 2.29. The van der Waals surface area contributed by atoms with Gasteiger partial charge in [-0.05, 0) is 74.2 Å². The molecule has 2 N–H and O–H groups in total. The molecule has 1 amide bonds. The van der Waals surface area contributed by atoms with E-state index in [1.54, 1.807) is 12.3 Å². The minimum absolute atomic E-state index is 0.0314. The number of aromatic nitrogens is 5. The first-order valence-corrected chi connectivity index (χ1v) is 18.3. The topological polar surface area (TPSA) is 170 Å². The van der Waals surface area contributed by atoms with Crippen LogP contribution in [-0.4, -0.2) is 63.0 Å². The van der Waals surface area contributed by atoms with E-state index in [0.29, 0.717) is 56.4 Å². The highest BCUT2D eigenvalue weighted by molar-refractivity contribution is 7.91. The van der Waals surface area contributed by atoms with Crippen molar-refractivity contribution in [1.82, 2.24) is 24.1 Å². The van der Waals surface area contributed by atoms with Crippen LogP contribution in [0.2, 0.25) is 0 Å². The number of amides is 1. The SMILES string of the molecule is CS(=O)(=O)C1CCN(c2nccc(Nc3cc(Oc4ccc(NC(=O)c5cn(C6CC6)c(=O)n(-c6ccc(F)cc6)c5=O)cc4F)ccn3)n2)CC1. The monoisotopic (exact) mass is 730 g/mol. The zero-order valence-corrected chi connectivity index (χ0v) is 28.5. The number of carbonyl (C=O) groups is 1. The first-order chi connectivity index (χ1) is 24.9. The lowest BCUT2D eigenvalue weighted by atomic mass is 10.1. The number of ether oxygens (including phenoxy) is 1. The van der Waals surface area contributed by atoms with Gasteiger partial charge in [-0.25, -0.2) is 36.5 Å². The van der Waals surface area contributed by atoms with Gasteiger partial charge >= 0.3 is 5.69 Å². The van der Waals surface area contributed by atoms with Crippen molar-refractivity contribution in [2.45, 2.75) is 37.0 Å². The molecule has 1 aliphatic heterocycles. The predicted octanol–water partition coefficient (Wildman–Crippen LogP) is 4.60. The van der Waals surface area contributed by atoms with E-state index in [0.717, 1.165) is 22.8 Å². The van der Waals surface area contributed by atoms with Gasteiger partial charge in [0, 0.05) is 61.8 Å². The fourth-order valence-electron chi connectivity index (χ4n) is 5.88. The zero-order chi connectivity index (χ0) is 36.6. The van der Waals surface area contributed by atoms with E-state index in [4.69, 9.17) is 4.74 Å². The van der Waals surface area contributed by atoms with Gasteiger partial charge in [0.2, 0.25) is 5.95 Å². The number of nitrogens with zero attached hydrogens (tertiary/aromatic N) is 6. The number of pyridine rings is 1. The average molecular weight is 731 g/mol. The Morgan fingerprint density at radius 1 is 0.904 bits per heavy atom. The summed E-state index contributed by atoms with van der Waals surface area (Å²) in [6, 6.07) is 13.0. The summed E-state index contributed by atoms with van der Waals surface area (Å²) in [5.74, 6) is -0.907. The van der Waals surface area contributed by atoms with Gasteiger partial charge in [0.1, 0.15) is 38.6 Å². The molecule has 4 heterocycles. The van der Waals surface area contributed by atoms with Gasteiger partial charge in [-0.3, -0.25) is 14.2 Å². The standard InChI is InChI=1S/C35H32F2N8O6S/c1-52(49,50)26-12-16-43(17-13-26)34-39-15-11-30(42-34)41-31-19-25(10-14-38-31)51-29-9-4-22(18-28(29)37)40-32(46)27-20-44(23-7-8-23)35(48)45(33(27)47)24-5-2-21(36)3-6-24/h2-6,9-11,14-15,18-20,23,26H,7-8,12-13,16-17H2,1H3,(H,40,46)(H,38,39,41,42). The Morgan fingerprint density at radius 3 is 2.33 bits per heavy atom. The lowest BCUT2D eigenvalue weighted by molar-refractivity contribution is 0.102. The molecule has 0 unspecified atom stereocenters. The fourth-order valence-corrected chi connectivity index (χ4v) is 6.94. The molecule has 0 atom stereocenters. The minimum Gasteiger partial charge on any atom is -0.454 e. The van der Waals surface area contributed by atoms with E-state index in [1.165, 1.54) is 59.6 Å². The smallest absolute Gasteiger partial charge is 0.335 e. The summed E-state index contributed by atoms with van der Waals surface area (Å²) in [5.41, 5.74) is -1.76. The number of hydrogen-bond donors (Lipinski definition) is 2. The Kier molecular flexibility index (Phi) is 9.27. The molecule has 3 aromatic heterocycles. The molecule has 268 valence electrons. The number of hydrogen-bond acceptors (Lipinski definition) is 11. The normalized spacial score (nSPS) is 14.9. The third-order valence-electron chi connectivity index (χ3n) is 8.76. The van der Waals surface area contributed by atoms with Crippen molar-refractivity contribution in [2.24, 2.45) is 0 Å². The fraction of sp³-hybridized carbons (Fsp3) is 0.257. The van der Waals surface area contributed by atoms with E-state index in [2.05, 4.69) is 25.6 Å². The average Bonchev–Trinajstić information content (AvgIpc) is 3.96. The van der Waals surface area contributed by atoms with Crippen molar-refractivity contribution >= 4 is 39.0 Å². The van der Waals surface area contributed by atoms with Crippen LogP contribution in [0.4, 0.5) is 32.1 Å². The summed E-state index contributed by atoms with van der Waals surface area (Å²) in [6.45, 7) is 1.01. The molecule has 1 saturated carbocycles. The van der Waals surface area contributed by atoms with Gasteiger partial charge in [0.05, 0.1) is 10.9 Å². The molecule has 5 aromatic rings. The van der Waals surface area contributed by atoms with Gasteiger partial charge in [-0.2, -0.15) is 4.98 Å². The highest BCUT2D eigenvalue weighted by Crippen LogP contribution is 2.33. The van der Waals surface area contributed by atoms with Crippen molar-refractivity contribution in [2.75, 3.05) is 34.9 Å². The van der Waals surface area contributed by atoms with Crippen LogP contribution in [0.25, 0.3) is 5.69 Å². The molecule has 0 spiro atoms. The first kappa shape index (κ1) is 34.5. The maximum absolute atomic E-state index is 15.3. The molecular weight excluding hydrogens is 698 g/mol. The van der Waals surface area contributed by atoms with Gasteiger partial charge in [-0.15, -0.1) is 0 Å². The molecule has 1 aliphatic carbocycles. The molecule has 2 aliphatic rings. The van der Waals surface area contributed by atoms with Crippen LogP contribution in [0.3, 0.4) is 0 Å². The summed E-state index contributed by atoms with van der Waals surface area (Å²) in [5, 5.41) is 5.20. The van der Waals surface area contributed by atoms with E-state index in [9.17, 15) is 27.2 Å². The summed E-state index contributed by atoms with van der Waals surface area (Å²) >= 11 is 0. The molecule has 2 aromatic carbocycles. The number of sulfone groups is 1. The Morgan fingerprint density at radius 2 is 1.63 bits per heavy atom. The second kappa shape index (κ2) is 14.0. The third-order valence-corrected chi connectivity index (χ3v) is 10.4. The molecule has 2 fully saturated rings. The number of carbonyl (C=O) groups excluding carboxylic acids is 1. The Bertz CT molecular complexity index is 2390. The van der Waals surface area contributed by atoms with Gasteiger partial charge in [0.15, 0.2) is 11.6 Å². The Balaban J connectivity index is 1.03. The summed E-state index contributed by atoms with van der Waals surface area (Å²) < 4.78 is 60.5. The lowest BCUT2D eigenvalue weighted by Crippen LogP contribution is -2.42. The molecule has 52 heavy (non-hydrogen) atoms. The van der Waals surface area contributed by atoms with Crippen LogP contribution in [-0.2, 0) is 9.84 Å². The predicted molar refractivity (Wildman–Crippen MR) is 189 cm³/mol. The van der Waals surface area contributed by atoms with Crippen LogP contribution in [0, 0.1) is 11.6 Å². The van der Waals surface area contributed by atoms with Crippen molar-refractivity contribution in [1.29, 1.82) is 0 Å². The van der Waals surface area contributed by atoms with Crippen LogP contribution in [0.15, 0.2) is 88.8 Å². The van der Waals surface area contributed by atoms with Crippen molar-refractivity contribution in [3.8, 4) is 17.2 Å². The van der Waals surface area contributed by atoms with Gasteiger partial charge in [-0.1, -0.05) is 0 Å². The van der Waals surface area contributed by atoms with Crippen molar-refractivity contribution in [3.63, 3.8) is 0 Å². The molecule has 1 saturated heterocycles. The maximum atomic E-state index is 15.3. The van der Waals surface area contributed by atoms with Crippen LogP contribution in [0.5, 0.6) is 11.5 Å². The number of piperidine rings is 1. The van der Waals surface area contributed by atoms with Crippen molar-refractivity contribution < 1.29 is 26.7 Å². The number of anilines is 4. The lowest BCUT2D eigenvalue weighted by Gasteiger charge is -2.31. The molecule has 0 bridgehead atoms. The first-order valence-electron chi connectivity index (χ1n) is 16.4. The minimum atomic E-state index is -3.11. The number of halogens is 2. The van der Waals surface area contributed by atoms with E-state index >= 15 is 4.39 Å². The Labute approximate surface area is 295 Å². The highest BCUT2D eigenvalue weighted by atomic mass is 32.2. The summed E-state index contributed by atoms with van der Waals surface area (Å²) in [6.07, 6.45) is 7.86. The van der Waals surface area contributed by atoms with E-state index in [-0.39, 0.29) is 39.7 Å². The summed E-state index contributed by atoms with van der Waals surface area (Å²) in [7, 11) is -3.11. The van der Waals surface area contributed by atoms with E-state index < -0.39 is 38.6 Å².